The molecule has 0 N–H and O–H groups in total. The zero-order chi connectivity index (χ0) is 26.7. The van der Waals surface area contributed by atoms with Crippen molar-refractivity contribution in [3.8, 4) is 0 Å². The minimum atomic E-state index is -4.16. The molecule has 8 nitrogen and oxygen atoms in total. The van der Waals surface area contributed by atoms with Gasteiger partial charge in [0.25, 0.3) is 10.0 Å². The molecule has 38 heavy (non-hydrogen) atoms. The standard InChI is InChI=1S/C29H30N4O4S/c1-23-10-5-8-16-27(23)38(36,37)33-26-15-7-6-14-25(26)32(29(33)35)22-28(34)31-20-18-30(19-21-31)17-9-13-24-11-3-2-4-12-24/h2-16H,17-22H2,1H3/b13-9+. The highest BCUT2D eigenvalue weighted by molar-refractivity contribution is 7.90. The number of piperazine rings is 1. The number of carbonyl (C=O) groups excluding carboxylic acids is 1. The first-order valence-electron chi connectivity index (χ1n) is 12.6. The highest BCUT2D eigenvalue weighted by Gasteiger charge is 2.28. The van der Waals surface area contributed by atoms with Crippen molar-refractivity contribution in [3.63, 3.8) is 0 Å². The molecule has 1 saturated heterocycles. The van der Waals surface area contributed by atoms with E-state index in [0.29, 0.717) is 24.2 Å². The minimum absolute atomic E-state index is 0.0637. The average molecular weight is 531 g/mol. The third-order valence-electron chi connectivity index (χ3n) is 6.90. The van der Waals surface area contributed by atoms with Crippen LogP contribution in [0.4, 0.5) is 0 Å². The second kappa shape index (κ2) is 10.8. The van der Waals surface area contributed by atoms with Crippen molar-refractivity contribution in [2.75, 3.05) is 32.7 Å². The molecule has 1 fully saturated rings. The summed E-state index contributed by atoms with van der Waals surface area (Å²) in [5.41, 5.74) is 1.61. The summed E-state index contributed by atoms with van der Waals surface area (Å²) in [6.45, 7) is 4.81. The Labute approximate surface area is 222 Å². The lowest BCUT2D eigenvalue weighted by Gasteiger charge is -2.34. The van der Waals surface area contributed by atoms with Crippen molar-refractivity contribution >= 4 is 33.0 Å². The number of imidazole rings is 1. The Morgan fingerprint density at radius 2 is 1.47 bits per heavy atom. The number of amides is 1. The molecule has 0 aliphatic carbocycles. The normalized spacial score (nSPS) is 14.9. The lowest BCUT2D eigenvalue weighted by molar-refractivity contribution is -0.133. The summed E-state index contributed by atoms with van der Waals surface area (Å²) in [7, 11) is -4.16. The van der Waals surface area contributed by atoms with Gasteiger partial charge in [-0.1, -0.05) is 72.8 Å². The van der Waals surface area contributed by atoms with Crippen LogP contribution in [0.1, 0.15) is 11.1 Å². The number of hydrogen-bond acceptors (Lipinski definition) is 5. The van der Waals surface area contributed by atoms with E-state index in [1.54, 1.807) is 54.3 Å². The van der Waals surface area contributed by atoms with E-state index in [1.807, 2.05) is 18.2 Å². The van der Waals surface area contributed by atoms with E-state index in [4.69, 9.17) is 0 Å². The van der Waals surface area contributed by atoms with E-state index in [0.717, 1.165) is 29.2 Å². The van der Waals surface area contributed by atoms with E-state index < -0.39 is 15.7 Å². The molecule has 9 heteroatoms. The van der Waals surface area contributed by atoms with Crippen molar-refractivity contribution in [2.45, 2.75) is 18.4 Å². The Bertz CT molecular complexity index is 1650. The topological polar surface area (TPSA) is 84.6 Å². The second-order valence-corrected chi connectivity index (χ2v) is 11.1. The Balaban J connectivity index is 1.32. The molecule has 1 aliphatic heterocycles. The second-order valence-electron chi connectivity index (χ2n) is 9.39. The molecule has 0 unspecified atom stereocenters. The van der Waals surface area contributed by atoms with Crippen molar-refractivity contribution in [1.29, 1.82) is 0 Å². The summed E-state index contributed by atoms with van der Waals surface area (Å²) in [5, 5.41) is 0. The molecule has 4 aromatic rings. The third kappa shape index (κ3) is 5.07. The van der Waals surface area contributed by atoms with Crippen LogP contribution in [0.25, 0.3) is 17.1 Å². The maximum atomic E-state index is 13.5. The van der Waals surface area contributed by atoms with E-state index in [1.165, 1.54) is 10.6 Å². The van der Waals surface area contributed by atoms with Gasteiger partial charge in [0.2, 0.25) is 5.91 Å². The molecule has 5 rings (SSSR count). The molecule has 0 saturated carbocycles. The Morgan fingerprint density at radius 3 is 2.18 bits per heavy atom. The first-order chi connectivity index (χ1) is 18.4. The molecular weight excluding hydrogens is 500 g/mol. The fraction of sp³-hybridized carbons (Fsp3) is 0.241. The zero-order valence-corrected chi connectivity index (χ0v) is 22.0. The first kappa shape index (κ1) is 25.7. The number of rotatable bonds is 7. The van der Waals surface area contributed by atoms with Crippen LogP contribution in [-0.2, 0) is 21.4 Å². The van der Waals surface area contributed by atoms with Gasteiger partial charge in [0.05, 0.1) is 15.9 Å². The van der Waals surface area contributed by atoms with Crippen molar-refractivity contribution in [1.82, 2.24) is 18.3 Å². The summed E-state index contributed by atoms with van der Waals surface area (Å²) < 4.78 is 29.2. The smallest absolute Gasteiger partial charge is 0.339 e. The highest BCUT2D eigenvalue weighted by Crippen LogP contribution is 2.22. The highest BCUT2D eigenvalue weighted by atomic mass is 32.2. The van der Waals surface area contributed by atoms with Gasteiger partial charge in [-0.3, -0.25) is 14.3 Å². The van der Waals surface area contributed by atoms with E-state index in [-0.39, 0.29) is 22.9 Å². The number of benzene rings is 3. The van der Waals surface area contributed by atoms with Crippen LogP contribution in [0.2, 0.25) is 0 Å². The van der Waals surface area contributed by atoms with Crippen LogP contribution in [0.5, 0.6) is 0 Å². The van der Waals surface area contributed by atoms with Crippen LogP contribution >= 0.6 is 0 Å². The number of carbonyl (C=O) groups is 1. The van der Waals surface area contributed by atoms with Gasteiger partial charge in [-0.25, -0.2) is 13.2 Å². The minimum Gasteiger partial charge on any atom is -0.339 e. The van der Waals surface area contributed by atoms with Crippen LogP contribution in [0.15, 0.2) is 94.6 Å². The van der Waals surface area contributed by atoms with Crippen LogP contribution < -0.4 is 5.69 Å². The maximum Gasteiger partial charge on any atom is 0.343 e. The summed E-state index contributed by atoms with van der Waals surface area (Å²) in [6.07, 6.45) is 4.21. The molecule has 3 aromatic carbocycles. The van der Waals surface area contributed by atoms with Gasteiger partial charge < -0.3 is 4.90 Å². The molecule has 0 bridgehead atoms. The Hall–Kier alpha value is -3.95. The van der Waals surface area contributed by atoms with Crippen molar-refractivity contribution < 1.29 is 13.2 Å². The molecular formula is C29H30N4O4S. The lowest BCUT2D eigenvalue weighted by Crippen LogP contribution is -2.50. The van der Waals surface area contributed by atoms with Crippen LogP contribution in [0.3, 0.4) is 0 Å². The van der Waals surface area contributed by atoms with Crippen LogP contribution in [-0.4, -0.2) is 65.4 Å². The van der Waals surface area contributed by atoms with Gasteiger partial charge in [-0.2, -0.15) is 3.97 Å². The summed E-state index contributed by atoms with van der Waals surface area (Å²) in [6, 6.07) is 23.3. The molecule has 2 heterocycles. The number of aromatic nitrogens is 2. The van der Waals surface area contributed by atoms with E-state index >= 15 is 0 Å². The summed E-state index contributed by atoms with van der Waals surface area (Å²) >= 11 is 0. The SMILES string of the molecule is Cc1ccccc1S(=O)(=O)n1c(=O)n(CC(=O)N2CCN(C/C=C/c3ccccc3)CC2)c2ccccc21. The summed E-state index contributed by atoms with van der Waals surface area (Å²) in [5.74, 6) is -0.206. The third-order valence-corrected chi connectivity index (χ3v) is 8.75. The molecule has 1 aliphatic rings. The molecule has 1 aromatic heterocycles. The predicted molar refractivity (Wildman–Crippen MR) is 148 cm³/mol. The molecule has 1 amide bonds. The fourth-order valence-corrected chi connectivity index (χ4v) is 6.47. The van der Waals surface area contributed by atoms with Gasteiger partial charge in [0.15, 0.2) is 0 Å². The monoisotopic (exact) mass is 530 g/mol. The average Bonchev–Trinajstić information content (AvgIpc) is 3.21. The number of hydrogen-bond donors (Lipinski definition) is 0. The largest absolute Gasteiger partial charge is 0.343 e. The Morgan fingerprint density at radius 1 is 0.842 bits per heavy atom. The van der Waals surface area contributed by atoms with Crippen molar-refractivity contribution in [3.05, 3.63) is 107 Å². The van der Waals surface area contributed by atoms with Gasteiger partial charge in [0, 0.05) is 32.7 Å². The molecule has 196 valence electrons. The molecule has 0 atom stereocenters. The number of nitrogens with zero attached hydrogens (tertiary/aromatic N) is 4. The van der Waals surface area contributed by atoms with Gasteiger partial charge in [-0.05, 0) is 36.2 Å². The van der Waals surface area contributed by atoms with E-state index in [9.17, 15) is 18.0 Å². The number of para-hydroxylation sites is 2. The molecule has 0 radical (unpaired) electrons. The maximum absolute atomic E-state index is 13.5. The van der Waals surface area contributed by atoms with Gasteiger partial charge in [0.1, 0.15) is 6.54 Å². The zero-order valence-electron chi connectivity index (χ0n) is 21.2. The first-order valence-corrected chi connectivity index (χ1v) is 14.0. The molecule has 0 spiro atoms. The van der Waals surface area contributed by atoms with Gasteiger partial charge in [-0.15, -0.1) is 0 Å². The summed E-state index contributed by atoms with van der Waals surface area (Å²) in [4.78, 5) is 30.8. The number of fused-ring (bicyclic) bond motifs is 1. The quantitative estimate of drug-likeness (QED) is 0.366. The van der Waals surface area contributed by atoms with Crippen LogP contribution in [0, 0.1) is 6.92 Å². The fourth-order valence-electron chi connectivity index (χ4n) is 4.83. The van der Waals surface area contributed by atoms with Crippen molar-refractivity contribution in [2.24, 2.45) is 0 Å². The predicted octanol–water partition coefficient (Wildman–Crippen LogP) is 3.21. The van der Waals surface area contributed by atoms with E-state index in [2.05, 4.69) is 29.2 Å². The van der Waals surface area contributed by atoms with Gasteiger partial charge >= 0.3 is 5.69 Å². The lowest BCUT2D eigenvalue weighted by atomic mass is 10.2. The Kier molecular flexibility index (Phi) is 7.31. The number of aryl methyl sites for hydroxylation is 1.